The van der Waals surface area contributed by atoms with Crippen LogP contribution in [0.2, 0.25) is 0 Å². The normalized spacial score (nSPS) is 17.0. The summed E-state index contributed by atoms with van der Waals surface area (Å²) in [4.78, 5) is 315. The Morgan fingerprint density at radius 1 is 0.209 bits per heavy atom. The second-order valence-corrected chi connectivity index (χ2v) is 108. The van der Waals surface area contributed by atoms with Gasteiger partial charge in [-0.2, -0.15) is 18.1 Å². The van der Waals surface area contributed by atoms with Crippen LogP contribution in [0, 0.1) is 14.9 Å². The van der Waals surface area contributed by atoms with Crippen molar-refractivity contribution in [2.45, 2.75) is 0 Å². The van der Waals surface area contributed by atoms with E-state index in [2.05, 4.69) is 36.6 Å². The van der Waals surface area contributed by atoms with E-state index < -0.39 is 169 Å². The van der Waals surface area contributed by atoms with E-state index in [9.17, 15) is 230 Å². The molecular formula is C6H58N8O48P24Zr5+6. The summed E-state index contributed by atoms with van der Waals surface area (Å²) in [6, 6.07) is 0. The Morgan fingerprint density at radius 3 is 0.396 bits per heavy atom. The molecule has 0 rings (SSSR count). The molecule has 544 valence electrons. The van der Waals surface area contributed by atoms with Crippen LogP contribution in [0.3, 0.4) is 0 Å². The molecule has 40 N–H and O–H groups in total. The van der Waals surface area contributed by atoms with E-state index in [1.54, 1.807) is 0 Å². The van der Waals surface area contributed by atoms with Gasteiger partial charge in [0.2, 0.25) is 0 Å². The maximum atomic E-state index is 12.6. The molecule has 0 aliphatic carbocycles. The fourth-order valence-corrected chi connectivity index (χ4v) is 125. The van der Waals surface area contributed by atoms with Gasteiger partial charge in [0, 0.05) is 145 Å². The molecule has 0 aliphatic heterocycles. The topological polar surface area (TPSA) is 1050 Å². The first-order valence-electron chi connectivity index (χ1n) is 17.2. The van der Waals surface area contributed by atoms with Crippen LogP contribution in [0.25, 0.3) is 0 Å². The van der Waals surface area contributed by atoms with Crippen molar-refractivity contribution < 1.29 is 361 Å². The van der Waals surface area contributed by atoms with E-state index in [0.717, 1.165) is 0 Å². The van der Waals surface area contributed by atoms with Crippen LogP contribution < -0.4 is 0 Å². The molecule has 0 bridgehead atoms. The van der Waals surface area contributed by atoms with Crippen molar-refractivity contribution in [3.63, 3.8) is 0 Å². The van der Waals surface area contributed by atoms with Crippen LogP contribution in [0.5, 0.6) is 0 Å². The molecule has 56 nitrogen and oxygen atoms in total. The second kappa shape index (κ2) is 36.5. The number of rotatable bonds is 22. The maximum absolute atomic E-state index is 12.6. The van der Waals surface area contributed by atoms with Crippen LogP contribution in [0.1, 0.15) is 0 Å². The van der Waals surface area contributed by atoms with Gasteiger partial charge in [0.05, 0.1) is 0 Å². The first-order valence-corrected chi connectivity index (χ1v) is 69.2. The number of hydrogen-bond donors (Lipinski definition) is 32. The van der Waals surface area contributed by atoms with Crippen molar-refractivity contribution >= 4 is 169 Å². The third kappa shape index (κ3) is 24.3. The van der Waals surface area contributed by atoms with Crippen molar-refractivity contribution in [2.24, 2.45) is 36.6 Å². The standard InChI is InChI=1S/2C2H22N4O24P12.2CH3.5Zr/c2*1-3-32(37(13,14)15,38(16,17)18)5-34(41(25,26)27,42(28,29)30)6-33(39(19,20)21,40(22,23)24)4-31(2,35(7,8)9)36(10,11)12;;;;;;;/h2*1-2H3,(H2,7,8,9)(H2,10,11,12)(H2,13,14,15)(H2,16,17,18)(H2,19,20,21)(H2,22,23,24)(H2,25,26,27)(H2,28,29,30);2*1H3;;;;;/q;;2*-1;;;;;/p+8. The van der Waals surface area contributed by atoms with Gasteiger partial charge in [-0.15, -0.1) is 0 Å². The van der Waals surface area contributed by atoms with E-state index in [1.807, 2.05) is 0 Å². The van der Waals surface area contributed by atoms with Gasteiger partial charge in [0.1, 0.15) is 0 Å². The molecule has 0 fully saturated rings. The smallest absolute Gasteiger partial charge is 0.358 e. The molecule has 0 saturated carbocycles. The largest absolute Gasteiger partial charge is 0.569 e. The first-order chi connectivity index (χ1) is 35.4. The zero-order chi connectivity index (χ0) is 69.7. The zero-order valence-electron chi connectivity index (χ0n) is 44.0. The molecule has 4 atom stereocenters. The summed E-state index contributed by atoms with van der Waals surface area (Å²) in [5, 5.41) is 0. The van der Waals surface area contributed by atoms with Crippen molar-refractivity contribution in [2.75, 3.05) is 27.4 Å². The van der Waals surface area contributed by atoms with E-state index in [4.69, 9.17) is 0 Å². The molecule has 0 saturated heterocycles. The van der Waals surface area contributed by atoms with E-state index in [0.29, 0.717) is 0 Å². The summed E-state index contributed by atoms with van der Waals surface area (Å²) in [6.07, 6.45) is -12.6. The molecule has 0 radical (unpaired) electrons. The summed E-state index contributed by atoms with van der Waals surface area (Å²) in [5.74, 6) is 0. The van der Waals surface area contributed by atoms with Gasteiger partial charge in [-0.25, -0.2) is 9.03 Å². The van der Waals surface area contributed by atoms with Gasteiger partial charge in [-0.1, -0.05) is 0 Å². The van der Waals surface area contributed by atoms with Crippen LogP contribution in [0.4, 0.5) is 0 Å². The van der Waals surface area contributed by atoms with Crippen LogP contribution >= 0.6 is 169 Å². The Kier molecular flexibility index (Phi) is 47.3. The van der Waals surface area contributed by atoms with Gasteiger partial charge < -0.3 is 93.1 Å². The Labute approximate surface area is 601 Å². The molecule has 85 heteroatoms. The monoisotopic (exact) mass is 2200 g/mol. The molecule has 4 unspecified atom stereocenters. The van der Waals surface area contributed by atoms with E-state index in [-0.39, 0.29) is 173 Å². The van der Waals surface area contributed by atoms with Gasteiger partial charge in [0.15, 0.2) is 12.9 Å². The maximum Gasteiger partial charge on any atom is 0.569 e. The van der Waals surface area contributed by atoms with Crippen molar-refractivity contribution in [3.8, 4) is 0 Å². The fourth-order valence-electron chi connectivity index (χ4n) is 4.25. The van der Waals surface area contributed by atoms with E-state index >= 15 is 0 Å². The fraction of sp³-hybridized carbons (Fsp3) is 0.667. The SMILES string of the molecule is CN=P(N=P(N=P(N=P(C)(P(=O)(O)O)P(=O)(O)O)(P(=O)(O)O)P(O)(O)=[OH+])(P(O)(O)=[OH+])P(O)(O)=[OH+])(P(=O)(O)O)P(O)(O)=[OH+].CN=P(N=P(N=P(N=P(C)(P(=O)(O)O)P(=O)(O)O)(P(=O)(O)O)P(O)(O)=[OH+])(P(O)(O)=[OH+])P(O)(O)=[OH+])(P(=O)(O)O)P(O)(O)=[OH+].[CH3-].[CH3-].[Zr].[Zr].[Zr].[Zr].[Zr]. The predicted molar refractivity (Wildman–Crippen MR) is 314 cm³/mol. The molecule has 0 aromatic heterocycles. The third-order valence-corrected chi connectivity index (χ3v) is 125. The first kappa shape index (κ1) is 118. The minimum Gasteiger partial charge on any atom is -0.358 e. The zero-order valence-corrected chi connectivity index (χ0v) is 77.7. The van der Waals surface area contributed by atoms with Crippen molar-refractivity contribution in [1.82, 2.24) is 0 Å². The molecule has 91 heavy (non-hydrogen) atoms. The van der Waals surface area contributed by atoms with Gasteiger partial charge >= 0.3 is 156 Å². The number of hydrogen-bond acceptors (Lipinski definition) is 10. The molecule has 0 heterocycles. The molecule has 0 amide bonds. The Morgan fingerprint density at radius 2 is 0.319 bits per heavy atom. The van der Waals surface area contributed by atoms with Crippen molar-refractivity contribution in [3.05, 3.63) is 14.9 Å². The summed E-state index contributed by atoms with van der Waals surface area (Å²) in [7, 11) is -110. The van der Waals surface area contributed by atoms with Gasteiger partial charge in [-0.3, -0.25) is 161 Å². The Bertz CT molecular complexity index is 3540. The second-order valence-electron chi connectivity index (χ2n) is 14.3. The molecule has 0 aromatic carbocycles. The van der Waals surface area contributed by atoms with Gasteiger partial charge in [-0.05, 0) is 13.3 Å². The Balaban J connectivity index is -0.000000196. The number of nitrogens with zero attached hydrogens (tertiary/aromatic N) is 8. The molecule has 0 aromatic rings. The van der Waals surface area contributed by atoms with Crippen molar-refractivity contribution in [1.29, 1.82) is 0 Å². The minimum atomic E-state index is -7.39. The van der Waals surface area contributed by atoms with Gasteiger partial charge in [0.25, 0.3) is 0 Å². The quantitative estimate of drug-likeness (QED) is 0.0419. The summed E-state index contributed by atoms with van der Waals surface area (Å²) >= 11 is 0. The predicted octanol–water partition coefficient (Wildman–Crippen LogP) is 3.50. The molecular weight excluding hydrogens is 2150 g/mol. The minimum absolute atomic E-state index is 0. The average molecular weight is 2210 g/mol. The average Bonchev–Trinajstić information content (AvgIpc) is 3.12. The molecule has 0 aliphatic rings. The van der Waals surface area contributed by atoms with E-state index in [1.165, 1.54) is 0 Å². The van der Waals surface area contributed by atoms with Crippen LogP contribution in [0.15, 0.2) is 36.6 Å². The third-order valence-electron chi connectivity index (χ3n) is 8.33. The summed E-state index contributed by atoms with van der Waals surface area (Å²) in [5.41, 5.74) is 0. The Hall–Kier alpha value is 8.66. The summed E-state index contributed by atoms with van der Waals surface area (Å²) in [6.45, 7) is -43.1. The molecule has 0 spiro atoms. The van der Waals surface area contributed by atoms with Crippen LogP contribution in [-0.4, -0.2) is 221 Å². The summed E-state index contributed by atoms with van der Waals surface area (Å²) < 4.78 is 198. The van der Waals surface area contributed by atoms with Crippen LogP contribution in [-0.2, 0) is 168 Å².